The molecule has 1 atom stereocenters. The van der Waals surface area contributed by atoms with Gasteiger partial charge in [0.15, 0.2) is 0 Å². The molecule has 0 aliphatic rings. The van der Waals surface area contributed by atoms with Crippen LogP contribution in [0, 0.1) is 5.41 Å². The SMILES string of the molecule is CNC(=O)OC(c1cc(Br)n(S(=O)(=O)c2cccc(OC)c2)c1)C(C)(C)C. The van der Waals surface area contributed by atoms with Crippen molar-refractivity contribution in [2.75, 3.05) is 14.2 Å². The molecule has 1 unspecified atom stereocenters. The van der Waals surface area contributed by atoms with Crippen LogP contribution in [0.5, 0.6) is 5.75 Å². The minimum atomic E-state index is -3.86. The van der Waals surface area contributed by atoms with Crippen LogP contribution in [0.25, 0.3) is 0 Å². The van der Waals surface area contributed by atoms with E-state index in [4.69, 9.17) is 9.47 Å². The van der Waals surface area contributed by atoms with E-state index in [0.717, 1.165) is 3.97 Å². The van der Waals surface area contributed by atoms with Gasteiger partial charge in [0.2, 0.25) is 0 Å². The molecule has 2 aromatic rings. The Balaban J connectivity index is 2.51. The van der Waals surface area contributed by atoms with Crippen molar-refractivity contribution in [3.8, 4) is 5.75 Å². The molecule has 2 rings (SSSR count). The van der Waals surface area contributed by atoms with E-state index in [0.29, 0.717) is 15.9 Å². The smallest absolute Gasteiger partial charge is 0.407 e. The molecule has 1 amide bonds. The largest absolute Gasteiger partial charge is 0.497 e. The fraction of sp³-hybridized carbons (Fsp3) is 0.389. The highest BCUT2D eigenvalue weighted by atomic mass is 79.9. The lowest BCUT2D eigenvalue weighted by Gasteiger charge is -2.29. The summed E-state index contributed by atoms with van der Waals surface area (Å²) >= 11 is 3.30. The van der Waals surface area contributed by atoms with Crippen LogP contribution >= 0.6 is 15.9 Å². The van der Waals surface area contributed by atoms with E-state index in [2.05, 4.69) is 21.2 Å². The standard InChI is InChI=1S/C18H23BrN2O5S/c1-18(2,3)16(26-17(22)20-4)12-9-15(19)21(11-12)27(23,24)14-8-6-7-13(10-14)25-5/h6-11,16H,1-5H3,(H,20,22). The van der Waals surface area contributed by atoms with Crippen LogP contribution < -0.4 is 10.1 Å². The number of amides is 1. The second-order valence-corrected chi connectivity index (χ2v) is 9.60. The molecule has 0 aliphatic carbocycles. The van der Waals surface area contributed by atoms with Crippen LogP contribution in [0.1, 0.15) is 32.4 Å². The van der Waals surface area contributed by atoms with Crippen LogP contribution in [0.3, 0.4) is 0 Å². The lowest BCUT2D eigenvalue weighted by molar-refractivity contribution is 0.0315. The van der Waals surface area contributed by atoms with Crippen LogP contribution in [-0.4, -0.2) is 32.6 Å². The lowest BCUT2D eigenvalue weighted by Crippen LogP contribution is -2.28. The van der Waals surface area contributed by atoms with Crippen molar-refractivity contribution in [3.05, 3.63) is 46.7 Å². The molecule has 0 aliphatic heterocycles. The second-order valence-electron chi connectivity index (χ2n) is 6.98. The Morgan fingerprint density at radius 1 is 1.26 bits per heavy atom. The van der Waals surface area contributed by atoms with Crippen LogP contribution in [0.4, 0.5) is 4.79 Å². The first-order valence-corrected chi connectivity index (χ1v) is 10.4. The number of methoxy groups -OCH3 is 1. The third-order valence-corrected chi connectivity index (χ3v) is 6.39. The zero-order valence-corrected chi connectivity index (χ0v) is 18.2. The molecule has 0 saturated heterocycles. The summed E-state index contributed by atoms with van der Waals surface area (Å²) in [4.78, 5) is 11.8. The number of halogens is 1. The predicted molar refractivity (Wildman–Crippen MR) is 105 cm³/mol. The molecule has 7 nitrogen and oxygen atoms in total. The number of ether oxygens (including phenoxy) is 2. The van der Waals surface area contributed by atoms with Gasteiger partial charge in [-0.2, -0.15) is 0 Å². The van der Waals surface area contributed by atoms with Gasteiger partial charge in [0.05, 0.1) is 12.0 Å². The molecule has 1 heterocycles. The molecule has 1 aromatic heterocycles. The monoisotopic (exact) mass is 458 g/mol. The Morgan fingerprint density at radius 3 is 2.48 bits per heavy atom. The Hall–Kier alpha value is -2.00. The number of hydrogen-bond donors (Lipinski definition) is 1. The first-order chi connectivity index (χ1) is 12.5. The summed E-state index contributed by atoms with van der Waals surface area (Å²) in [6.07, 6.45) is 0.225. The zero-order valence-electron chi connectivity index (χ0n) is 15.8. The van der Waals surface area contributed by atoms with E-state index in [1.54, 1.807) is 18.2 Å². The summed E-state index contributed by atoms with van der Waals surface area (Å²) in [6.45, 7) is 5.72. The average molecular weight is 459 g/mol. The minimum absolute atomic E-state index is 0.0872. The maximum atomic E-state index is 13.0. The highest BCUT2D eigenvalue weighted by Crippen LogP contribution is 2.38. The summed E-state index contributed by atoms with van der Waals surface area (Å²) in [5.74, 6) is 0.440. The summed E-state index contributed by atoms with van der Waals surface area (Å²) in [6, 6.07) is 7.85. The molecule has 0 radical (unpaired) electrons. The Kier molecular flexibility index (Phi) is 6.26. The molecule has 0 saturated carbocycles. The molecule has 0 fully saturated rings. The molecule has 0 spiro atoms. The first-order valence-electron chi connectivity index (χ1n) is 8.16. The molecule has 0 bridgehead atoms. The lowest BCUT2D eigenvalue weighted by atomic mass is 9.85. The van der Waals surface area contributed by atoms with E-state index < -0.39 is 27.6 Å². The molecule has 27 heavy (non-hydrogen) atoms. The predicted octanol–water partition coefficient (Wildman–Crippen LogP) is 3.94. The first kappa shape index (κ1) is 21.3. The van der Waals surface area contributed by atoms with Gasteiger partial charge < -0.3 is 14.8 Å². The number of nitrogens with zero attached hydrogens (tertiary/aromatic N) is 1. The van der Waals surface area contributed by atoms with Gasteiger partial charge in [0.1, 0.15) is 16.5 Å². The van der Waals surface area contributed by atoms with E-state index in [-0.39, 0.29) is 4.90 Å². The summed E-state index contributed by atoms with van der Waals surface area (Å²) < 4.78 is 38.1. The minimum Gasteiger partial charge on any atom is -0.497 e. The van der Waals surface area contributed by atoms with Crippen molar-refractivity contribution < 1.29 is 22.7 Å². The van der Waals surface area contributed by atoms with Gasteiger partial charge >= 0.3 is 6.09 Å². The number of benzene rings is 1. The normalized spacial score (nSPS) is 13.1. The molecular formula is C18H23BrN2O5S. The third kappa shape index (κ3) is 4.65. The maximum absolute atomic E-state index is 13.0. The quantitative estimate of drug-likeness (QED) is 0.732. The zero-order chi connectivity index (χ0) is 20.4. The van der Waals surface area contributed by atoms with Crippen LogP contribution in [0.2, 0.25) is 0 Å². The van der Waals surface area contributed by atoms with Crippen molar-refractivity contribution in [2.24, 2.45) is 5.41 Å². The number of carbonyl (C=O) groups is 1. The van der Waals surface area contributed by atoms with Gasteiger partial charge in [-0.15, -0.1) is 0 Å². The summed E-state index contributed by atoms with van der Waals surface area (Å²) in [5, 5.41) is 2.42. The number of hydrogen-bond acceptors (Lipinski definition) is 5. The maximum Gasteiger partial charge on any atom is 0.407 e. The molecule has 1 N–H and O–H groups in total. The van der Waals surface area contributed by atoms with E-state index in [9.17, 15) is 13.2 Å². The average Bonchev–Trinajstić information content (AvgIpc) is 3.00. The summed E-state index contributed by atoms with van der Waals surface area (Å²) in [5.41, 5.74) is 0.113. The third-order valence-electron chi connectivity index (χ3n) is 3.88. The number of carbonyl (C=O) groups excluding carboxylic acids is 1. The van der Waals surface area contributed by atoms with Crippen molar-refractivity contribution in [2.45, 2.75) is 31.8 Å². The van der Waals surface area contributed by atoms with Crippen molar-refractivity contribution in [1.29, 1.82) is 0 Å². The van der Waals surface area contributed by atoms with Gasteiger partial charge in [0.25, 0.3) is 10.0 Å². The van der Waals surface area contributed by atoms with Crippen molar-refractivity contribution in [1.82, 2.24) is 9.29 Å². The molecule has 1 aromatic carbocycles. The van der Waals surface area contributed by atoms with E-state index >= 15 is 0 Å². The molecular weight excluding hydrogens is 436 g/mol. The van der Waals surface area contributed by atoms with Crippen molar-refractivity contribution >= 4 is 32.0 Å². The van der Waals surface area contributed by atoms with E-state index in [1.165, 1.54) is 32.5 Å². The Labute approximate surface area is 167 Å². The number of aromatic nitrogens is 1. The fourth-order valence-electron chi connectivity index (χ4n) is 2.55. The van der Waals surface area contributed by atoms with Gasteiger partial charge in [-0.3, -0.25) is 0 Å². The Bertz CT molecular complexity index is 931. The van der Waals surface area contributed by atoms with Gasteiger partial charge in [-0.1, -0.05) is 26.8 Å². The number of nitrogens with one attached hydrogen (secondary N) is 1. The Morgan fingerprint density at radius 2 is 1.93 bits per heavy atom. The highest BCUT2D eigenvalue weighted by Gasteiger charge is 2.33. The molecule has 9 heteroatoms. The van der Waals surface area contributed by atoms with Crippen LogP contribution in [0.15, 0.2) is 46.0 Å². The topological polar surface area (TPSA) is 86.6 Å². The van der Waals surface area contributed by atoms with Crippen LogP contribution in [-0.2, 0) is 14.8 Å². The summed E-state index contributed by atoms with van der Waals surface area (Å²) in [7, 11) is -0.920. The van der Waals surface area contributed by atoms with Gasteiger partial charge in [-0.25, -0.2) is 17.2 Å². The van der Waals surface area contributed by atoms with Crippen molar-refractivity contribution in [3.63, 3.8) is 0 Å². The second kappa shape index (κ2) is 7.93. The van der Waals surface area contributed by atoms with Gasteiger partial charge in [-0.05, 0) is 34.1 Å². The van der Waals surface area contributed by atoms with Gasteiger partial charge in [0, 0.05) is 30.3 Å². The van der Waals surface area contributed by atoms with E-state index in [1.807, 2.05) is 20.8 Å². The highest BCUT2D eigenvalue weighted by molar-refractivity contribution is 9.10. The molecule has 148 valence electrons. The number of rotatable bonds is 5. The fourth-order valence-corrected chi connectivity index (χ4v) is 4.77. The number of alkyl carbamates (subject to hydrolysis) is 1.